The van der Waals surface area contributed by atoms with Crippen molar-refractivity contribution in [1.29, 1.82) is 0 Å². The molecule has 0 aliphatic heterocycles. The molecule has 0 heterocycles. The molecular weight excluding hydrogens is 152 g/mol. The van der Waals surface area contributed by atoms with Gasteiger partial charge < -0.3 is 16.6 Å². The summed E-state index contributed by atoms with van der Waals surface area (Å²) in [6, 6.07) is 0.375. The largest absolute Gasteiger partial charge is 0.396 e. The van der Waals surface area contributed by atoms with Gasteiger partial charge in [-0.1, -0.05) is 13.8 Å². The maximum absolute atomic E-state index is 7.99. The molecule has 1 atom stereocenters. The van der Waals surface area contributed by atoms with Crippen molar-refractivity contribution in [2.75, 3.05) is 13.2 Å². The summed E-state index contributed by atoms with van der Waals surface area (Å²) in [7, 11) is 0. The second-order valence-corrected chi connectivity index (χ2v) is 3.47. The van der Waals surface area contributed by atoms with Crippen LogP contribution >= 0.6 is 0 Å². The Bertz CT molecular complexity index is 66.9. The Morgan fingerprint density at radius 1 is 1.25 bits per heavy atom. The molecule has 0 aromatic rings. The third kappa shape index (κ3) is 22.5. The molecule has 3 nitrogen and oxygen atoms in total. The van der Waals surface area contributed by atoms with Crippen LogP contribution in [0, 0.1) is 5.92 Å². The molecule has 0 bridgehead atoms. The Morgan fingerprint density at radius 2 is 1.75 bits per heavy atom. The summed E-state index contributed by atoms with van der Waals surface area (Å²) in [4.78, 5) is 0. The molecule has 0 aliphatic carbocycles. The molecule has 0 aromatic carbocycles. The van der Waals surface area contributed by atoms with Gasteiger partial charge in [-0.2, -0.15) is 0 Å². The molecule has 0 aromatic heterocycles. The molecule has 1 unspecified atom stereocenters. The summed E-state index contributed by atoms with van der Waals surface area (Å²) in [5.74, 6) is 0.750. The molecule has 76 valence electrons. The Balaban J connectivity index is 0. The fraction of sp³-hybridized carbons (Fsp3) is 1.00. The number of aliphatic hydroxyl groups excluding tert-OH is 1. The Labute approximate surface area is 76.1 Å². The van der Waals surface area contributed by atoms with Gasteiger partial charge in [-0.3, -0.25) is 0 Å². The maximum atomic E-state index is 7.99. The van der Waals surface area contributed by atoms with Crippen molar-refractivity contribution < 1.29 is 5.11 Å². The standard InChI is InChI=1S/C6H15N.C3H9NO/c1-5(2)4-6(3)7;4-2-1-3-5/h5-6H,4,7H2,1-3H3;5H,1-4H2. The van der Waals surface area contributed by atoms with Crippen LogP contribution < -0.4 is 11.5 Å². The average Bonchev–Trinajstić information content (AvgIpc) is 1.87. The molecular formula is C9H24N2O. The van der Waals surface area contributed by atoms with Gasteiger partial charge in [0.15, 0.2) is 0 Å². The zero-order valence-electron chi connectivity index (χ0n) is 8.59. The second-order valence-electron chi connectivity index (χ2n) is 3.47. The van der Waals surface area contributed by atoms with E-state index in [9.17, 15) is 0 Å². The van der Waals surface area contributed by atoms with Crippen LogP contribution in [0.1, 0.15) is 33.6 Å². The second kappa shape index (κ2) is 10.9. The average molecular weight is 176 g/mol. The van der Waals surface area contributed by atoms with Gasteiger partial charge in [0.1, 0.15) is 0 Å². The van der Waals surface area contributed by atoms with Gasteiger partial charge in [0.25, 0.3) is 0 Å². The highest BCUT2D eigenvalue weighted by Crippen LogP contribution is 2.00. The summed E-state index contributed by atoms with van der Waals surface area (Å²) < 4.78 is 0. The highest BCUT2D eigenvalue weighted by Gasteiger charge is 1.95. The van der Waals surface area contributed by atoms with Gasteiger partial charge in [0.2, 0.25) is 0 Å². The van der Waals surface area contributed by atoms with Crippen LogP contribution in [0.2, 0.25) is 0 Å². The Hall–Kier alpha value is -0.120. The molecule has 0 rings (SSSR count). The molecule has 5 N–H and O–H groups in total. The molecule has 0 radical (unpaired) electrons. The summed E-state index contributed by atoms with van der Waals surface area (Å²) in [5, 5.41) is 7.99. The van der Waals surface area contributed by atoms with E-state index in [1.54, 1.807) is 0 Å². The lowest BCUT2D eigenvalue weighted by Gasteiger charge is -2.05. The van der Waals surface area contributed by atoms with Crippen LogP contribution in [0.25, 0.3) is 0 Å². The van der Waals surface area contributed by atoms with E-state index in [-0.39, 0.29) is 6.61 Å². The fourth-order valence-electron chi connectivity index (χ4n) is 0.835. The Morgan fingerprint density at radius 3 is 1.75 bits per heavy atom. The lowest BCUT2D eigenvalue weighted by atomic mass is 10.1. The summed E-state index contributed by atoms with van der Waals surface area (Å²) >= 11 is 0. The molecule has 12 heavy (non-hydrogen) atoms. The smallest absolute Gasteiger partial charge is 0.0443 e. The van der Waals surface area contributed by atoms with E-state index >= 15 is 0 Å². The zero-order valence-corrected chi connectivity index (χ0v) is 8.59. The first kappa shape index (κ1) is 14.4. The third-order valence-corrected chi connectivity index (χ3v) is 1.21. The van der Waals surface area contributed by atoms with E-state index in [1.165, 1.54) is 0 Å². The normalized spacial score (nSPS) is 12.2. The maximum Gasteiger partial charge on any atom is 0.0443 e. The number of rotatable bonds is 4. The van der Waals surface area contributed by atoms with Crippen molar-refractivity contribution >= 4 is 0 Å². The SMILES string of the molecule is CC(C)CC(C)N.NCCCO. The fourth-order valence-corrected chi connectivity index (χ4v) is 0.835. The molecule has 0 spiro atoms. The van der Waals surface area contributed by atoms with E-state index in [0.29, 0.717) is 12.6 Å². The summed E-state index contributed by atoms with van der Waals surface area (Å²) in [5.41, 5.74) is 10.5. The van der Waals surface area contributed by atoms with Crippen molar-refractivity contribution in [2.24, 2.45) is 17.4 Å². The number of aliphatic hydroxyl groups is 1. The minimum Gasteiger partial charge on any atom is -0.396 e. The van der Waals surface area contributed by atoms with E-state index in [4.69, 9.17) is 16.6 Å². The minimum absolute atomic E-state index is 0.219. The quantitative estimate of drug-likeness (QED) is 0.590. The topological polar surface area (TPSA) is 72.3 Å². The van der Waals surface area contributed by atoms with Crippen molar-refractivity contribution in [3.05, 3.63) is 0 Å². The van der Waals surface area contributed by atoms with Crippen LogP contribution in [-0.4, -0.2) is 24.3 Å². The van der Waals surface area contributed by atoms with Gasteiger partial charge in [-0.05, 0) is 32.2 Å². The Kier molecular flexibility index (Phi) is 13.1. The van der Waals surface area contributed by atoms with E-state index in [0.717, 1.165) is 18.8 Å². The van der Waals surface area contributed by atoms with Gasteiger partial charge in [-0.25, -0.2) is 0 Å². The molecule has 0 amide bonds. The van der Waals surface area contributed by atoms with E-state index < -0.39 is 0 Å². The van der Waals surface area contributed by atoms with Crippen molar-refractivity contribution in [1.82, 2.24) is 0 Å². The van der Waals surface area contributed by atoms with Gasteiger partial charge in [0, 0.05) is 12.6 Å². The number of nitrogens with two attached hydrogens (primary N) is 2. The van der Waals surface area contributed by atoms with Crippen molar-refractivity contribution in [3.8, 4) is 0 Å². The highest BCUT2D eigenvalue weighted by molar-refractivity contribution is 4.54. The minimum atomic E-state index is 0.219. The predicted octanol–water partition coefficient (Wildman–Crippen LogP) is 0.707. The van der Waals surface area contributed by atoms with Gasteiger partial charge in [0.05, 0.1) is 0 Å². The van der Waals surface area contributed by atoms with Crippen molar-refractivity contribution in [3.63, 3.8) is 0 Å². The summed E-state index contributed by atoms with van der Waals surface area (Å²) in [6.45, 7) is 7.22. The van der Waals surface area contributed by atoms with Crippen LogP contribution in [0.5, 0.6) is 0 Å². The van der Waals surface area contributed by atoms with Crippen LogP contribution in [0.4, 0.5) is 0 Å². The van der Waals surface area contributed by atoms with E-state index in [1.807, 2.05) is 6.92 Å². The zero-order chi connectivity index (χ0) is 9.98. The first-order valence-electron chi connectivity index (χ1n) is 4.61. The molecule has 3 heteroatoms. The molecule has 0 fully saturated rings. The lowest BCUT2D eigenvalue weighted by molar-refractivity contribution is 0.291. The monoisotopic (exact) mass is 176 g/mol. The predicted molar refractivity (Wildman–Crippen MR) is 53.9 cm³/mol. The van der Waals surface area contributed by atoms with Gasteiger partial charge >= 0.3 is 0 Å². The number of hydrogen-bond donors (Lipinski definition) is 3. The van der Waals surface area contributed by atoms with Gasteiger partial charge in [-0.15, -0.1) is 0 Å². The highest BCUT2D eigenvalue weighted by atomic mass is 16.2. The van der Waals surface area contributed by atoms with Crippen molar-refractivity contribution in [2.45, 2.75) is 39.7 Å². The third-order valence-electron chi connectivity index (χ3n) is 1.21. The molecule has 0 saturated heterocycles. The molecule has 0 aliphatic rings. The molecule has 0 saturated carbocycles. The lowest BCUT2D eigenvalue weighted by Crippen LogP contribution is -2.16. The van der Waals surface area contributed by atoms with Crippen LogP contribution in [-0.2, 0) is 0 Å². The van der Waals surface area contributed by atoms with E-state index in [2.05, 4.69) is 13.8 Å². The summed E-state index contributed by atoms with van der Waals surface area (Å²) in [6.07, 6.45) is 1.86. The first-order valence-corrected chi connectivity index (χ1v) is 4.61. The van der Waals surface area contributed by atoms with Crippen LogP contribution in [0.15, 0.2) is 0 Å². The van der Waals surface area contributed by atoms with Crippen LogP contribution in [0.3, 0.4) is 0 Å². The number of hydrogen-bond acceptors (Lipinski definition) is 3. The first-order chi connectivity index (χ1) is 5.54.